The van der Waals surface area contributed by atoms with Crippen LogP contribution in [-0.4, -0.2) is 26.3 Å². The van der Waals surface area contributed by atoms with Crippen molar-refractivity contribution in [3.8, 4) is 16.9 Å². The Morgan fingerprint density at radius 2 is 1.87 bits per heavy atom. The van der Waals surface area contributed by atoms with Gasteiger partial charge in [0.25, 0.3) is 0 Å². The minimum absolute atomic E-state index is 0.0546. The molecule has 1 amide bonds. The quantitative estimate of drug-likeness (QED) is 0.454. The predicted molar refractivity (Wildman–Crippen MR) is 113 cm³/mol. The van der Waals surface area contributed by atoms with Crippen LogP contribution >= 0.6 is 11.8 Å². The molecule has 0 bridgehead atoms. The molecule has 7 heteroatoms. The van der Waals surface area contributed by atoms with Crippen LogP contribution in [0.3, 0.4) is 0 Å². The molecule has 0 N–H and O–H groups in total. The standard InChI is InChI=1S/C23H18FN3O2S/c24-17-10-8-16(9-11-17)22-20(14-27(25-22)18-5-2-1-3-6-18)23-26(21(28)15-30-23)13-19-7-4-12-29-19/h1-12,14,23H,13,15H2. The normalized spacial score (nSPS) is 16.4. The first-order valence-electron chi connectivity index (χ1n) is 9.53. The van der Waals surface area contributed by atoms with Crippen molar-refractivity contribution in [1.29, 1.82) is 0 Å². The monoisotopic (exact) mass is 419 g/mol. The molecule has 1 aliphatic heterocycles. The van der Waals surface area contributed by atoms with E-state index in [1.807, 2.05) is 58.2 Å². The Bertz CT molecular complexity index is 1160. The SMILES string of the molecule is O=C1CSC(c2cn(-c3ccccc3)nc2-c2ccc(F)cc2)N1Cc1ccco1. The molecule has 4 aromatic rings. The maximum absolute atomic E-state index is 13.5. The van der Waals surface area contributed by atoms with E-state index in [1.54, 1.807) is 30.2 Å². The number of rotatable bonds is 5. The van der Waals surface area contributed by atoms with Crippen molar-refractivity contribution >= 4 is 17.7 Å². The molecule has 1 unspecified atom stereocenters. The Morgan fingerprint density at radius 1 is 1.07 bits per heavy atom. The van der Waals surface area contributed by atoms with Crippen molar-refractivity contribution in [2.45, 2.75) is 11.9 Å². The van der Waals surface area contributed by atoms with Gasteiger partial charge in [0.2, 0.25) is 5.91 Å². The maximum Gasteiger partial charge on any atom is 0.234 e. The molecule has 1 atom stereocenters. The summed E-state index contributed by atoms with van der Waals surface area (Å²) >= 11 is 1.56. The fraction of sp³-hybridized carbons (Fsp3) is 0.130. The highest BCUT2D eigenvalue weighted by Crippen LogP contribution is 2.43. The van der Waals surface area contributed by atoms with Gasteiger partial charge < -0.3 is 9.32 Å². The average Bonchev–Trinajstić information content (AvgIpc) is 3.51. The zero-order chi connectivity index (χ0) is 20.5. The molecule has 5 rings (SSSR count). The second-order valence-electron chi connectivity index (χ2n) is 6.98. The first kappa shape index (κ1) is 18.7. The van der Waals surface area contributed by atoms with E-state index in [0.717, 1.165) is 28.3 Å². The van der Waals surface area contributed by atoms with Crippen molar-refractivity contribution in [2.24, 2.45) is 0 Å². The van der Waals surface area contributed by atoms with E-state index in [9.17, 15) is 9.18 Å². The zero-order valence-corrected chi connectivity index (χ0v) is 16.8. The van der Waals surface area contributed by atoms with Crippen LogP contribution in [0.15, 0.2) is 83.6 Å². The van der Waals surface area contributed by atoms with Gasteiger partial charge in [-0.15, -0.1) is 11.8 Å². The zero-order valence-electron chi connectivity index (χ0n) is 15.9. The molecule has 1 fully saturated rings. The number of amides is 1. The van der Waals surface area contributed by atoms with E-state index >= 15 is 0 Å². The summed E-state index contributed by atoms with van der Waals surface area (Å²) in [5.41, 5.74) is 3.36. The van der Waals surface area contributed by atoms with E-state index in [1.165, 1.54) is 12.1 Å². The number of hydrogen-bond donors (Lipinski definition) is 0. The molecule has 0 saturated carbocycles. The molecule has 1 aliphatic rings. The third-order valence-corrected chi connectivity index (χ3v) is 6.26. The minimum Gasteiger partial charge on any atom is -0.467 e. The van der Waals surface area contributed by atoms with E-state index in [0.29, 0.717) is 12.3 Å². The van der Waals surface area contributed by atoms with Gasteiger partial charge in [-0.3, -0.25) is 4.79 Å². The lowest BCUT2D eigenvalue weighted by molar-refractivity contribution is -0.128. The lowest BCUT2D eigenvalue weighted by atomic mass is 10.1. The van der Waals surface area contributed by atoms with Gasteiger partial charge in [-0.2, -0.15) is 5.10 Å². The minimum atomic E-state index is -0.298. The van der Waals surface area contributed by atoms with Crippen molar-refractivity contribution in [2.75, 3.05) is 5.75 Å². The highest BCUT2D eigenvalue weighted by molar-refractivity contribution is 8.00. The Balaban J connectivity index is 1.59. The first-order chi connectivity index (χ1) is 14.7. The number of benzene rings is 2. The van der Waals surface area contributed by atoms with Crippen LogP contribution in [0.25, 0.3) is 16.9 Å². The molecule has 0 spiro atoms. The van der Waals surface area contributed by atoms with Gasteiger partial charge >= 0.3 is 0 Å². The molecule has 30 heavy (non-hydrogen) atoms. The van der Waals surface area contributed by atoms with E-state index in [-0.39, 0.29) is 17.1 Å². The van der Waals surface area contributed by atoms with Gasteiger partial charge in [0.05, 0.1) is 29.9 Å². The lowest BCUT2D eigenvalue weighted by Crippen LogP contribution is -2.27. The number of aromatic nitrogens is 2. The van der Waals surface area contributed by atoms with Crippen LogP contribution in [0.5, 0.6) is 0 Å². The topological polar surface area (TPSA) is 51.3 Å². The fourth-order valence-electron chi connectivity index (χ4n) is 3.57. The smallest absolute Gasteiger partial charge is 0.234 e. The van der Waals surface area contributed by atoms with E-state index < -0.39 is 0 Å². The Kier molecular flexibility index (Phi) is 4.88. The summed E-state index contributed by atoms with van der Waals surface area (Å²) in [6.07, 6.45) is 3.56. The van der Waals surface area contributed by atoms with Crippen LogP contribution in [0, 0.1) is 5.82 Å². The van der Waals surface area contributed by atoms with Gasteiger partial charge in [-0.1, -0.05) is 18.2 Å². The van der Waals surface area contributed by atoms with E-state index in [2.05, 4.69) is 0 Å². The second kappa shape index (κ2) is 7.84. The molecule has 3 heterocycles. The highest BCUT2D eigenvalue weighted by atomic mass is 32.2. The van der Waals surface area contributed by atoms with Crippen LogP contribution < -0.4 is 0 Å². The summed E-state index contributed by atoms with van der Waals surface area (Å²) in [4.78, 5) is 14.4. The number of nitrogens with zero attached hydrogens (tertiary/aromatic N) is 3. The van der Waals surface area contributed by atoms with Crippen LogP contribution in [-0.2, 0) is 11.3 Å². The lowest BCUT2D eigenvalue weighted by Gasteiger charge is -2.23. The number of carbonyl (C=O) groups excluding carboxylic acids is 1. The number of para-hydroxylation sites is 1. The Morgan fingerprint density at radius 3 is 2.60 bits per heavy atom. The molecular formula is C23H18FN3O2S. The Labute approximate surface area is 177 Å². The largest absolute Gasteiger partial charge is 0.467 e. The van der Waals surface area contributed by atoms with Crippen molar-refractivity contribution in [1.82, 2.24) is 14.7 Å². The molecule has 5 nitrogen and oxygen atoms in total. The van der Waals surface area contributed by atoms with Crippen molar-refractivity contribution < 1.29 is 13.6 Å². The third kappa shape index (κ3) is 3.52. The first-order valence-corrected chi connectivity index (χ1v) is 10.6. The summed E-state index contributed by atoms with van der Waals surface area (Å²) < 4.78 is 20.8. The van der Waals surface area contributed by atoms with Crippen LogP contribution in [0.2, 0.25) is 0 Å². The molecule has 0 aliphatic carbocycles. The average molecular weight is 419 g/mol. The summed E-state index contributed by atoms with van der Waals surface area (Å²) in [5.74, 6) is 0.881. The van der Waals surface area contributed by atoms with Gasteiger partial charge in [0.1, 0.15) is 17.0 Å². The maximum atomic E-state index is 13.5. The van der Waals surface area contributed by atoms with Gasteiger partial charge in [-0.25, -0.2) is 9.07 Å². The number of hydrogen-bond acceptors (Lipinski definition) is 4. The number of carbonyl (C=O) groups is 1. The van der Waals surface area contributed by atoms with Gasteiger partial charge in [0, 0.05) is 17.3 Å². The molecule has 2 aromatic carbocycles. The molecule has 150 valence electrons. The van der Waals surface area contributed by atoms with Crippen molar-refractivity contribution in [3.05, 3.63) is 96.3 Å². The molecule has 2 aromatic heterocycles. The highest BCUT2D eigenvalue weighted by Gasteiger charge is 2.36. The number of halogens is 1. The van der Waals surface area contributed by atoms with Crippen LogP contribution in [0.1, 0.15) is 16.7 Å². The summed E-state index contributed by atoms with van der Waals surface area (Å²) in [6, 6.07) is 19.8. The summed E-state index contributed by atoms with van der Waals surface area (Å²) in [5, 5.41) is 4.59. The number of thioether (sulfide) groups is 1. The Hall–Kier alpha value is -3.32. The number of furan rings is 1. The second-order valence-corrected chi connectivity index (χ2v) is 8.05. The summed E-state index contributed by atoms with van der Waals surface area (Å²) in [7, 11) is 0. The fourth-order valence-corrected chi connectivity index (χ4v) is 4.76. The van der Waals surface area contributed by atoms with E-state index in [4.69, 9.17) is 9.52 Å². The van der Waals surface area contributed by atoms with Gasteiger partial charge in [-0.05, 0) is 48.5 Å². The van der Waals surface area contributed by atoms with Crippen LogP contribution in [0.4, 0.5) is 4.39 Å². The summed E-state index contributed by atoms with van der Waals surface area (Å²) in [6.45, 7) is 0.392. The third-order valence-electron chi connectivity index (χ3n) is 5.02. The molecule has 1 saturated heterocycles. The van der Waals surface area contributed by atoms with Crippen molar-refractivity contribution in [3.63, 3.8) is 0 Å². The molecular weight excluding hydrogens is 401 g/mol. The predicted octanol–water partition coefficient (Wildman–Crippen LogP) is 5.05. The van der Waals surface area contributed by atoms with Gasteiger partial charge in [0.15, 0.2) is 0 Å². The molecule has 0 radical (unpaired) electrons.